The Morgan fingerprint density at radius 2 is 1.16 bits per heavy atom. The molecule has 0 aromatic heterocycles. The van der Waals surface area contributed by atoms with Gasteiger partial charge in [-0.3, -0.25) is 0 Å². The average Bonchev–Trinajstić information content (AvgIpc) is 2.72. The molecule has 178 valence electrons. The van der Waals surface area contributed by atoms with E-state index in [2.05, 4.69) is 13.8 Å². The summed E-state index contributed by atoms with van der Waals surface area (Å²) < 4.78 is 20.1. The van der Waals surface area contributed by atoms with Crippen molar-refractivity contribution in [1.29, 1.82) is 0 Å². The highest BCUT2D eigenvalue weighted by Crippen LogP contribution is 2.06. The Kier molecular flexibility index (Phi) is 16.0. The predicted molar refractivity (Wildman–Crippen MR) is 115 cm³/mol. The first-order valence-electron chi connectivity index (χ1n) is 11.2. The Hall–Kier alpha value is -2.38. The van der Waals surface area contributed by atoms with Crippen LogP contribution in [0.1, 0.15) is 86.0 Å². The Bertz CT molecular complexity index is 596. The molecule has 2 unspecified atom stereocenters. The lowest BCUT2D eigenvalue weighted by Gasteiger charge is -2.13. The van der Waals surface area contributed by atoms with E-state index in [1.807, 2.05) is 0 Å². The van der Waals surface area contributed by atoms with Crippen molar-refractivity contribution in [3.05, 3.63) is 11.6 Å². The predicted octanol–water partition coefficient (Wildman–Crippen LogP) is 4.04. The van der Waals surface area contributed by atoms with Crippen LogP contribution < -0.4 is 0 Å². The number of carbonyl (C=O) groups excluding carboxylic acids is 4. The number of hydrogen-bond acceptors (Lipinski definition) is 8. The van der Waals surface area contributed by atoms with Gasteiger partial charge in [0.15, 0.2) is 12.2 Å². The summed E-state index contributed by atoms with van der Waals surface area (Å²) in [4.78, 5) is 47.7. The smallest absolute Gasteiger partial charge is 0.347 e. The Balaban J connectivity index is 4.35. The van der Waals surface area contributed by atoms with Crippen molar-refractivity contribution >= 4 is 23.9 Å². The summed E-state index contributed by atoms with van der Waals surface area (Å²) in [5.74, 6) is -3.01. The molecule has 0 aromatic rings. The molecule has 2 atom stereocenters. The van der Waals surface area contributed by atoms with Crippen LogP contribution in [-0.2, 0) is 38.1 Å². The van der Waals surface area contributed by atoms with Crippen LogP contribution in [-0.4, -0.2) is 49.3 Å². The van der Waals surface area contributed by atoms with E-state index in [4.69, 9.17) is 18.9 Å². The van der Waals surface area contributed by atoms with E-state index in [-0.39, 0.29) is 18.8 Å². The van der Waals surface area contributed by atoms with E-state index in [9.17, 15) is 19.2 Å². The number of unbranched alkanes of at least 4 members (excludes halogenated alkanes) is 6. The molecule has 0 rings (SSSR count). The van der Waals surface area contributed by atoms with Crippen molar-refractivity contribution in [2.24, 2.45) is 0 Å². The first-order chi connectivity index (χ1) is 14.7. The summed E-state index contributed by atoms with van der Waals surface area (Å²) in [5, 5.41) is 0. The van der Waals surface area contributed by atoms with Gasteiger partial charge in [-0.15, -0.1) is 0 Å². The topological polar surface area (TPSA) is 105 Å². The summed E-state index contributed by atoms with van der Waals surface area (Å²) in [7, 11) is 0. The number of carbonyl (C=O) groups is 4. The first-order valence-corrected chi connectivity index (χ1v) is 11.2. The van der Waals surface area contributed by atoms with Crippen LogP contribution in [0.3, 0.4) is 0 Å². The molecule has 0 N–H and O–H groups in total. The number of hydrogen-bond donors (Lipinski definition) is 0. The fraction of sp³-hybridized carbons (Fsp3) is 0.739. The molecule has 0 saturated carbocycles. The first kappa shape index (κ1) is 28.6. The molecule has 0 aromatic carbocycles. The molecule has 0 bridgehead atoms. The molecule has 0 spiro atoms. The van der Waals surface area contributed by atoms with Gasteiger partial charge in [0.05, 0.1) is 13.2 Å². The molecule has 0 aliphatic rings. The fourth-order valence-electron chi connectivity index (χ4n) is 2.43. The van der Waals surface area contributed by atoms with Crippen LogP contribution in [0.25, 0.3) is 0 Å². The molecule has 0 heterocycles. The zero-order chi connectivity index (χ0) is 23.6. The maximum atomic E-state index is 12.1. The third-order valence-corrected chi connectivity index (χ3v) is 4.38. The quantitative estimate of drug-likeness (QED) is 0.153. The lowest BCUT2D eigenvalue weighted by atomic mass is 10.2. The second-order valence-corrected chi connectivity index (χ2v) is 7.41. The van der Waals surface area contributed by atoms with E-state index in [1.54, 1.807) is 0 Å². The highest BCUT2D eigenvalue weighted by molar-refractivity contribution is 5.97. The molecule has 0 radical (unpaired) electrons. The van der Waals surface area contributed by atoms with Gasteiger partial charge >= 0.3 is 23.9 Å². The van der Waals surface area contributed by atoms with E-state index >= 15 is 0 Å². The van der Waals surface area contributed by atoms with Gasteiger partial charge in [-0.25, -0.2) is 19.2 Å². The summed E-state index contributed by atoms with van der Waals surface area (Å²) in [6, 6.07) is 0. The van der Waals surface area contributed by atoms with Crippen molar-refractivity contribution in [2.75, 3.05) is 13.2 Å². The maximum Gasteiger partial charge on any atom is 0.347 e. The van der Waals surface area contributed by atoms with E-state index < -0.39 is 36.1 Å². The second kappa shape index (κ2) is 17.3. The van der Waals surface area contributed by atoms with Gasteiger partial charge < -0.3 is 18.9 Å². The molecular formula is C23H38O8. The maximum absolute atomic E-state index is 12.1. The second-order valence-electron chi connectivity index (χ2n) is 7.41. The summed E-state index contributed by atoms with van der Waals surface area (Å²) >= 11 is 0. The van der Waals surface area contributed by atoms with Gasteiger partial charge in [-0.2, -0.15) is 0 Å². The Morgan fingerprint density at radius 1 is 0.710 bits per heavy atom. The molecule has 31 heavy (non-hydrogen) atoms. The van der Waals surface area contributed by atoms with Crippen LogP contribution in [0.4, 0.5) is 0 Å². The number of ether oxygens (including phenoxy) is 4. The standard InChI is InChI=1S/C23H38O8/c1-6-8-10-12-14-28-22(26)18(4)30-20(24)16-17(3)21(25)31-19(5)23(27)29-15-13-11-9-7-2/h16,18-19H,6-15H2,1-5H3/b17-16-. The SMILES string of the molecule is CCCCCCOC(=O)C(C)OC(=O)/C=C(/C)C(=O)OC(C)C(=O)OCCCCCC. The van der Waals surface area contributed by atoms with Crippen molar-refractivity contribution in [3.8, 4) is 0 Å². The highest BCUT2D eigenvalue weighted by atomic mass is 16.6. The van der Waals surface area contributed by atoms with E-state index in [0.29, 0.717) is 0 Å². The van der Waals surface area contributed by atoms with E-state index in [1.165, 1.54) is 20.8 Å². The van der Waals surface area contributed by atoms with Crippen LogP contribution >= 0.6 is 0 Å². The molecular weight excluding hydrogens is 404 g/mol. The summed E-state index contributed by atoms with van der Waals surface area (Å²) in [6.45, 7) is 8.86. The average molecular weight is 443 g/mol. The molecule has 8 heteroatoms. The van der Waals surface area contributed by atoms with Crippen molar-refractivity contribution < 1.29 is 38.1 Å². The number of esters is 4. The zero-order valence-electron chi connectivity index (χ0n) is 19.6. The van der Waals surface area contributed by atoms with Gasteiger partial charge in [0, 0.05) is 11.6 Å². The van der Waals surface area contributed by atoms with Gasteiger partial charge in [-0.05, 0) is 33.6 Å². The van der Waals surface area contributed by atoms with Gasteiger partial charge in [-0.1, -0.05) is 52.4 Å². The molecule has 0 amide bonds. The van der Waals surface area contributed by atoms with Crippen molar-refractivity contribution in [3.63, 3.8) is 0 Å². The molecule has 0 saturated heterocycles. The van der Waals surface area contributed by atoms with Crippen LogP contribution in [0.15, 0.2) is 11.6 Å². The largest absolute Gasteiger partial charge is 0.463 e. The lowest BCUT2D eigenvalue weighted by molar-refractivity contribution is -0.165. The van der Waals surface area contributed by atoms with Crippen molar-refractivity contribution in [1.82, 2.24) is 0 Å². The van der Waals surface area contributed by atoms with Crippen LogP contribution in [0.2, 0.25) is 0 Å². The minimum Gasteiger partial charge on any atom is -0.463 e. The number of rotatable bonds is 16. The van der Waals surface area contributed by atoms with Crippen LogP contribution in [0.5, 0.6) is 0 Å². The summed E-state index contributed by atoms with van der Waals surface area (Å²) in [6.07, 6.45) is 6.45. The third kappa shape index (κ3) is 14.3. The third-order valence-electron chi connectivity index (χ3n) is 4.38. The van der Waals surface area contributed by atoms with Gasteiger partial charge in [0.1, 0.15) is 0 Å². The highest BCUT2D eigenvalue weighted by Gasteiger charge is 2.22. The normalized spacial score (nSPS) is 13.1. The minimum absolute atomic E-state index is 0.0623. The Morgan fingerprint density at radius 3 is 1.61 bits per heavy atom. The van der Waals surface area contributed by atoms with E-state index in [0.717, 1.165) is 57.4 Å². The lowest BCUT2D eigenvalue weighted by Crippen LogP contribution is -2.28. The zero-order valence-corrected chi connectivity index (χ0v) is 19.6. The molecule has 8 nitrogen and oxygen atoms in total. The van der Waals surface area contributed by atoms with Gasteiger partial charge in [0.25, 0.3) is 0 Å². The monoisotopic (exact) mass is 442 g/mol. The van der Waals surface area contributed by atoms with Crippen molar-refractivity contribution in [2.45, 2.75) is 98.2 Å². The molecule has 0 aliphatic heterocycles. The molecule has 0 aliphatic carbocycles. The Labute approximate surface area is 185 Å². The van der Waals surface area contributed by atoms with Gasteiger partial charge in [0.2, 0.25) is 0 Å². The summed E-state index contributed by atoms with van der Waals surface area (Å²) in [5.41, 5.74) is -0.0623. The fourth-order valence-corrected chi connectivity index (χ4v) is 2.43. The minimum atomic E-state index is -1.10. The molecule has 0 fully saturated rings. The van der Waals surface area contributed by atoms with Crippen LogP contribution in [0, 0.1) is 0 Å².